The van der Waals surface area contributed by atoms with Crippen LogP contribution in [0.1, 0.15) is 15.9 Å². The largest absolute Gasteiger partial charge is 0.452 e. The van der Waals surface area contributed by atoms with Gasteiger partial charge in [0.25, 0.3) is 5.91 Å². The molecule has 0 unspecified atom stereocenters. The number of ether oxygens (including phenoxy) is 1. The second-order valence-corrected chi connectivity index (χ2v) is 7.78. The van der Waals surface area contributed by atoms with Crippen LogP contribution in [0.25, 0.3) is 0 Å². The zero-order valence-corrected chi connectivity index (χ0v) is 16.2. The SMILES string of the molecule is CSc1ncccc1C(=O)OCC(=O)NCCc1ccc(S(N)(=O)=O)cc1. The molecule has 0 spiro atoms. The fourth-order valence-electron chi connectivity index (χ4n) is 2.16. The number of sulfonamides is 1. The molecule has 0 radical (unpaired) electrons. The van der Waals surface area contributed by atoms with Gasteiger partial charge < -0.3 is 10.1 Å². The predicted molar refractivity (Wildman–Crippen MR) is 101 cm³/mol. The van der Waals surface area contributed by atoms with Crippen molar-refractivity contribution in [2.45, 2.75) is 16.3 Å². The van der Waals surface area contributed by atoms with Crippen molar-refractivity contribution < 1.29 is 22.7 Å². The van der Waals surface area contributed by atoms with Gasteiger partial charge in [-0.05, 0) is 42.5 Å². The molecule has 10 heteroatoms. The third-order valence-corrected chi connectivity index (χ3v) is 5.15. The molecule has 144 valence electrons. The predicted octanol–water partition coefficient (Wildman–Crippen LogP) is 0.967. The minimum absolute atomic E-state index is 0.0298. The highest BCUT2D eigenvalue weighted by Gasteiger charge is 2.14. The lowest BCUT2D eigenvalue weighted by Crippen LogP contribution is -2.30. The zero-order valence-electron chi connectivity index (χ0n) is 14.5. The highest BCUT2D eigenvalue weighted by atomic mass is 32.2. The van der Waals surface area contributed by atoms with Crippen LogP contribution in [0, 0.1) is 0 Å². The molecule has 0 aliphatic heterocycles. The Balaban J connectivity index is 1.77. The van der Waals surface area contributed by atoms with Crippen molar-refractivity contribution in [1.82, 2.24) is 10.3 Å². The van der Waals surface area contributed by atoms with Crippen molar-refractivity contribution in [3.05, 3.63) is 53.7 Å². The molecular weight excluding hydrogens is 390 g/mol. The van der Waals surface area contributed by atoms with Crippen LogP contribution in [-0.4, -0.2) is 44.7 Å². The molecule has 0 fully saturated rings. The summed E-state index contributed by atoms with van der Waals surface area (Å²) in [5, 5.41) is 8.20. The number of pyridine rings is 1. The fourth-order valence-corrected chi connectivity index (χ4v) is 3.21. The molecule has 2 aromatic rings. The first-order chi connectivity index (χ1) is 12.8. The van der Waals surface area contributed by atoms with Crippen LogP contribution in [-0.2, 0) is 26.0 Å². The van der Waals surface area contributed by atoms with E-state index in [1.165, 1.54) is 23.9 Å². The van der Waals surface area contributed by atoms with E-state index >= 15 is 0 Å². The van der Waals surface area contributed by atoms with Gasteiger partial charge in [-0.2, -0.15) is 0 Å². The molecule has 1 heterocycles. The molecule has 0 atom stereocenters. The van der Waals surface area contributed by atoms with Crippen molar-refractivity contribution in [3.8, 4) is 0 Å². The van der Waals surface area contributed by atoms with Crippen molar-refractivity contribution in [3.63, 3.8) is 0 Å². The smallest absolute Gasteiger partial charge is 0.341 e. The summed E-state index contributed by atoms with van der Waals surface area (Å²) in [6.45, 7) is -0.0834. The number of nitrogens with one attached hydrogen (secondary N) is 1. The van der Waals surface area contributed by atoms with Gasteiger partial charge in [0.1, 0.15) is 5.03 Å². The van der Waals surface area contributed by atoms with Gasteiger partial charge in [0.15, 0.2) is 6.61 Å². The molecule has 3 N–H and O–H groups in total. The Hall–Kier alpha value is -2.43. The molecule has 27 heavy (non-hydrogen) atoms. The first-order valence-corrected chi connectivity index (χ1v) is 10.6. The second kappa shape index (κ2) is 9.49. The number of rotatable bonds is 8. The van der Waals surface area contributed by atoms with Crippen LogP contribution in [0.2, 0.25) is 0 Å². The zero-order chi connectivity index (χ0) is 19.9. The molecule has 0 aliphatic carbocycles. The minimum Gasteiger partial charge on any atom is -0.452 e. The highest BCUT2D eigenvalue weighted by Crippen LogP contribution is 2.17. The summed E-state index contributed by atoms with van der Waals surface area (Å²) < 4.78 is 27.4. The van der Waals surface area contributed by atoms with Crippen molar-refractivity contribution >= 4 is 33.7 Å². The van der Waals surface area contributed by atoms with E-state index < -0.39 is 28.5 Å². The van der Waals surface area contributed by atoms with E-state index in [4.69, 9.17) is 9.88 Å². The van der Waals surface area contributed by atoms with Gasteiger partial charge in [-0.25, -0.2) is 23.3 Å². The maximum atomic E-state index is 12.0. The molecule has 0 aliphatic rings. The lowest BCUT2D eigenvalue weighted by molar-refractivity contribution is -0.124. The Kier molecular flexibility index (Phi) is 7.34. The number of hydrogen-bond donors (Lipinski definition) is 2. The highest BCUT2D eigenvalue weighted by molar-refractivity contribution is 7.98. The van der Waals surface area contributed by atoms with E-state index in [1.807, 2.05) is 0 Å². The number of thioether (sulfide) groups is 1. The van der Waals surface area contributed by atoms with Crippen LogP contribution >= 0.6 is 11.8 Å². The molecule has 0 bridgehead atoms. The van der Waals surface area contributed by atoms with Crippen molar-refractivity contribution in [2.24, 2.45) is 5.14 Å². The van der Waals surface area contributed by atoms with Crippen LogP contribution in [0.5, 0.6) is 0 Å². The van der Waals surface area contributed by atoms with Crippen LogP contribution < -0.4 is 10.5 Å². The Morgan fingerprint density at radius 3 is 2.56 bits per heavy atom. The second-order valence-electron chi connectivity index (χ2n) is 5.43. The summed E-state index contributed by atoms with van der Waals surface area (Å²) in [5.74, 6) is -1.04. The third kappa shape index (κ3) is 6.35. The van der Waals surface area contributed by atoms with E-state index in [1.54, 1.807) is 36.7 Å². The van der Waals surface area contributed by atoms with Crippen molar-refractivity contribution in [1.29, 1.82) is 0 Å². The molecule has 1 amide bonds. The Morgan fingerprint density at radius 1 is 1.22 bits per heavy atom. The first kappa shape index (κ1) is 20.9. The summed E-state index contributed by atoms with van der Waals surface area (Å²) in [6, 6.07) is 9.27. The lowest BCUT2D eigenvalue weighted by atomic mass is 10.1. The van der Waals surface area contributed by atoms with E-state index in [-0.39, 0.29) is 4.90 Å². The summed E-state index contributed by atoms with van der Waals surface area (Å²) in [4.78, 5) is 27.9. The summed E-state index contributed by atoms with van der Waals surface area (Å²) in [6.07, 6.45) is 3.86. The van der Waals surface area contributed by atoms with Gasteiger partial charge in [0.05, 0.1) is 10.5 Å². The topological polar surface area (TPSA) is 128 Å². The van der Waals surface area contributed by atoms with Crippen LogP contribution in [0.15, 0.2) is 52.5 Å². The first-order valence-electron chi connectivity index (χ1n) is 7.86. The number of esters is 1. The number of nitrogens with two attached hydrogens (primary N) is 1. The number of aromatic nitrogens is 1. The number of benzene rings is 1. The Morgan fingerprint density at radius 2 is 1.93 bits per heavy atom. The van der Waals surface area contributed by atoms with Crippen molar-refractivity contribution in [2.75, 3.05) is 19.4 Å². The quantitative estimate of drug-likeness (QED) is 0.491. The summed E-state index contributed by atoms with van der Waals surface area (Å²) in [5.41, 5.74) is 1.15. The summed E-state index contributed by atoms with van der Waals surface area (Å²) in [7, 11) is -3.72. The Labute approximate surface area is 161 Å². The van der Waals surface area contributed by atoms with Gasteiger partial charge in [0.2, 0.25) is 10.0 Å². The van der Waals surface area contributed by atoms with Crippen LogP contribution in [0.4, 0.5) is 0 Å². The van der Waals surface area contributed by atoms with E-state index in [9.17, 15) is 18.0 Å². The number of nitrogens with zero attached hydrogens (tertiary/aromatic N) is 1. The molecule has 1 aromatic carbocycles. The number of carbonyl (C=O) groups excluding carboxylic acids is 2. The standard InChI is InChI=1S/C17H19N3O5S2/c1-26-16-14(3-2-9-20-16)17(22)25-11-15(21)19-10-8-12-4-6-13(7-5-12)27(18,23)24/h2-7,9H,8,10-11H2,1H3,(H,19,21)(H2,18,23,24). The van der Waals surface area contributed by atoms with Gasteiger partial charge in [0, 0.05) is 12.7 Å². The van der Waals surface area contributed by atoms with E-state index in [0.717, 1.165) is 5.56 Å². The van der Waals surface area contributed by atoms with E-state index in [2.05, 4.69) is 10.3 Å². The maximum Gasteiger partial charge on any atom is 0.341 e. The third-order valence-electron chi connectivity index (χ3n) is 3.51. The van der Waals surface area contributed by atoms with Crippen LogP contribution in [0.3, 0.4) is 0 Å². The molecule has 8 nitrogen and oxygen atoms in total. The number of hydrogen-bond acceptors (Lipinski definition) is 7. The average molecular weight is 409 g/mol. The monoisotopic (exact) mass is 409 g/mol. The molecule has 0 saturated heterocycles. The average Bonchev–Trinajstić information content (AvgIpc) is 2.65. The number of primary sulfonamides is 1. The van der Waals surface area contributed by atoms with E-state index in [0.29, 0.717) is 23.6 Å². The summed E-state index contributed by atoms with van der Waals surface area (Å²) >= 11 is 1.31. The lowest BCUT2D eigenvalue weighted by Gasteiger charge is -2.08. The maximum absolute atomic E-state index is 12.0. The van der Waals surface area contributed by atoms with Gasteiger partial charge in [-0.1, -0.05) is 12.1 Å². The molecule has 1 aromatic heterocycles. The molecule has 2 rings (SSSR count). The minimum atomic E-state index is -3.72. The van der Waals surface area contributed by atoms with Gasteiger partial charge in [-0.15, -0.1) is 11.8 Å². The number of amides is 1. The Bertz CT molecular complexity index is 914. The molecular formula is C17H19N3O5S2. The van der Waals surface area contributed by atoms with Gasteiger partial charge in [-0.3, -0.25) is 4.79 Å². The van der Waals surface area contributed by atoms with Gasteiger partial charge >= 0.3 is 5.97 Å². The normalized spacial score (nSPS) is 11.0. The molecule has 0 saturated carbocycles. The number of carbonyl (C=O) groups is 2. The fraction of sp³-hybridized carbons (Fsp3) is 0.235.